The van der Waals surface area contributed by atoms with Gasteiger partial charge in [0.25, 0.3) is 11.8 Å². The van der Waals surface area contributed by atoms with Crippen LogP contribution in [0.1, 0.15) is 76.4 Å². The standard InChI is InChI=1S/C31H38FN7O3/c32-24-14-23(15-26(17-24)39-20-25(18-33)35-36-39)31(41)38-12-10-37(11-13-38)30(40)22-6-7-29(42-27-8-9-34-19-27)28(16-22)21-4-2-1-3-5-21/h6-7,14-17,20-21,27,34H,1-5,8-13,18-19,33H2/t27-/m0/s1. The molecule has 1 atom stereocenters. The number of halogens is 1. The molecule has 10 nitrogen and oxygen atoms in total. The van der Waals surface area contributed by atoms with Crippen LogP contribution in [-0.2, 0) is 6.54 Å². The maximum Gasteiger partial charge on any atom is 0.254 e. The second kappa shape index (κ2) is 12.6. The SMILES string of the molecule is NCc1cn(-c2cc(F)cc(C(=O)N3CCN(C(=O)c4ccc(O[C@H]5CCNC5)c(C5CCCCC5)c4)CC3)c2)nn1. The maximum atomic E-state index is 14.5. The van der Waals surface area contributed by atoms with E-state index >= 15 is 0 Å². The van der Waals surface area contributed by atoms with Crippen LogP contribution in [0, 0.1) is 5.82 Å². The number of rotatable bonds is 7. The van der Waals surface area contributed by atoms with Crippen molar-refractivity contribution in [1.29, 1.82) is 0 Å². The number of ether oxygens (including phenoxy) is 1. The number of nitrogens with zero attached hydrogens (tertiary/aromatic N) is 5. The van der Waals surface area contributed by atoms with Gasteiger partial charge in [0.05, 0.1) is 17.6 Å². The summed E-state index contributed by atoms with van der Waals surface area (Å²) in [5.74, 6) is 0.440. The Labute approximate surface area is 245 Å². The highest BCUT2D eigenvalue weighted by Gasteiger charge is 2.28. The zero-order valence-corrected chi connectivity index (χ0v) is 23.8. The molecule has 1 aliphatic carbocycles. The molecule has 2 amide bonds. The van der Waals surface area contributed by atoms with E-state index in [1.807, 2.05) is 18.2 Å². The molecule has 2 aliphatic heterocycles. The van der Waals surface area contributed by atoms with Crippen molar-refractivity contribution in [3.8, 4) is 11.4 Å². The van der Waals surface area contributed by atoms with Crippen molar-refractivity contribution in [1.82, 2.24) is 30.1 Å². The van der Waals surface area contributed by atoms with Crippen molar-refractivity contribution < 1.29 is 18.7 Å². The van der Waals surface area contributed by atoms with Crippen LogP contribution < -0.4 is 15.8 Å². The van der Waals surface area contributed by atoms with Crippen LogP contribution in [0.5, 0.6) is 5.75 Å². The van der Waals surface area contributed by atoms with Gasteiger partial charge >= 0.3 is 0 Å². The van der Waals surface area contributed by atoms with E-state index in [0.717, 1.165) is 43.7 Å². The molecule has 0 spiro atoms. The minimum Gasteiger partial charge on any atom is -0.489 e. The van der Waals surface area contributed by atoms with Gasteiger partial charge in [-0.25, -0.2) is 9.07 Å². The molecular formula is C31H38FN7O3. The summed E-state index contributed by atoms with van der Waals surface area (Å²) in [7, 11) is 0. The average molecular weight is 576 g/mol. The highest BCUT2D eigenvalue weighted by Crippen LogP contribution is 2.39. The summed E-state index contributed by atoms with van der Waals surface area (Å²) in [5, 5.41) is 11.3. The third-order valence-electron chi connectivity index (χ3n) is 8.61. The second-order valence-corrected chi connectivity index (χ2v) is 11.5. The van der Waals surface area contributed by atoms with Gasteiger partial charge in [0.1, 0.15) is 17.7 Å². The molecule has 6 rings (SSSR count). The average Bonchev–Trinajstić information content (AvgIpc) is 3.73. The molecule has 3 heterocycles. The smallest absolute Gasteiger partial charge is 0.254 e. The molecule has 3 aromatic rings. The van der Waals surface area contributed by atoms with Gasteiger partial charge in [-0.2, -0.15) is 0 Å². The lowest BCUT2D eigenvalue weighted by Crippen LogP contribution is -2.50. The molecule has 11 heteroatoms. The number of nitrogens with one attached hydrogen (secondary N) is 1. The van der Waals surface area contributed by atoms with Gasteiger partial charge < -0.3 is 25.6 Å². The number of piperazine rings is 1. The van der Waals surface area contributed by atoms with E-state index in [1.165, 1.54) is 36.1 Å². The summed E-state index contributed by atoms with van der Waals surface area (Å²) in [6.07, 6.45) is 8.64. The van der Waals surface area contributed by atoms with Crippen molar-refractivity contribution in [3.63, 3.8) is 0 Å². The van der Waals surface area contributed by atoms with Gasteiger partial charge in [-0.05, 0) is 73.7 Å². The van der Waals surface area contributed by atoms with E-state index in [9.17, 15) is 14.0 Å². The number of carbonyl (C=O) groups excluding carboxylic acids is 2. The molecule has 0 unspecified atom stereocenters. The summed E-state index contributed by atoms with van der Waals surface area (Å²) in [5.41, 5.74) is 8.59. The fourth-order valence-electron chi connectivity index (χ4n) is 6.26. The van der Waals surface area contributed by atoms with Crippen LogP contribution in [-0.4, -0.2) is 82.0 Å². The Morgan fingerprint density at radius 3 is 2.36 bits per heavy atom. The minimum absolute atomic E-state index is 0.0387. The Morgan fingerprint density at radius 1 is 0.952 bits per heavy atom. The zero-order chi connectivity index (χ0) is 29.1. The van der Waals surface area contributed by atoms with E-state index in [-0.39, 0.29) is 30.0 Å². The maximum absolute atomic E-state index is 14.5. The fourth-order valence-corrected chi connectivity index (χ4v) is 6.26. The van der Waals surface area contributed by atoms with Gasteiger partial charge in [-0.15, -0.1) is 5.10 Å². The van der Waals surface area contributed by atoms with Gasteiger partial charge in [0.2, 0.25) is 0 Å². The quantitative estimate of drug-likeness (QED) is 0.444. The zero-order valence-electron chi connectivity index (χ0n) is 23.8. The monoisotopic (exact) mass is 575 g/mol. The van der Waals surface area contributed by atoms with Crippen molar-refractivity contribution in [2.45, 2.75) is 57.1 Å². The lowest BCUT2D eigenvalue weighted by Gasteiger charge is -2.35. The first kappa shape index (κ1) is 28.3. The van der Waals surface area contributed by atoms with Crippen LogP contribution in [0.3, 0.4) is 0 Å². The summed E-state index contributed by atoms with van der Waals surface area (Å²) < 4.78 is 22.3. The Balaban J connectivity index is 1.13. The molecular weight excluding hydrogens is 537 g/mol. The minimum atomic E-state index is -0.542. The molecule has 3 N–H and O–H groups in total. The summed E-state index contributed by atoms with van der Waals surface area (Å²) in [4.78, 5) is 30.4. The summed E-state index contributed by atoms with van der Waals surface area (Å²) >= 11 is 0. The normalized spacial score (nSPS) is 19.7. The Kier molecular flexibility index (Phi) is 8.48. The molecule has 3 aliphatic rings. The highest BCUT2D eigenvalue weighted by molar-refractivity contribution is 5.96. The molecule has 1 aromatic heterocycles. The van der Waals surface area contributed by atoms with Gasteiger partial charge in [-0.3, -0.25) is 9.59 Å². The van der Waals surface area contributed by atoms with E-state index in [2.05, 4.69) is 15.6 Å². The van der Waals surface area contributed by atoms with E-state index < -0.39 is 5.82 Å². The van der Waals surface area contributed by atoms with Crippen molar-refractivity contribution in [2.75, 3.05) is 39.3 Å². The van der Waals surface area contributed by atoms with Crippen LogP contribution in [0.2, 0.25) is 0 Å². The first-order valence-corrected chi connectivity index (χ1v) is 15.0. The van der Waals surface area contributed by atoms with Crippen molar-refractivity contribution >= 4 is 11.8 Å². The van der Waals surface area contributed by atoms with Crippen LogP contribution in [0.25, 0.3) is 5.69 Å². The number of nitrogens with two attached hydrogens (primary N) is 1. The molecule has 2 aromatic carbocycles. The predicted molar refractivity (Wildman–Crippen MR) is 155 cm³/mol. The second-order valence-electron chi connectivity index (χ2n) is 11.5. The largest absolute Gasteiger partial charge is 0.489 e. The molecule has 0 radical (unpaired) electrons. The Hall–Kier alpha value is -3.83. The lowest BCUT2D eigenvalue weighted by molar-refractivity contribution is 0.0535. The number of hydrogen-bond acceptors (Lipinski definition) is 7. The lowest BCUT2D eigenvalue weighted by atomic mass is 9.83. The van der Waals surface area contributed by atoms with Crippen LogP contribution in [0.4, 0.5) is 4.39 Å². The number of aromatic nitrogens is 3. The van der Waals surface area contributed by atoms with E-state index in [0.29, 0.717) is 49.0 Å². The topological polar surface area (TPSA) is 119 Å². The number of hydrogen-bond donors (Lipinski definition) is 2. The first-order valence-electron chi connectivity index (χ1n) is 15.0. The van der Waals surface area contributed by atoms with Gasteiger partial charge in [0.15, 0.2) is 0 Å². The summed E-state index contributed by atoms with van der Waals surface area (Å²) in [6, 6.07) is 10.0. The third kappa shape index (κ3) is 6.17. The molecule has 1 saturated carbocycles. The van der Waals surface area contributed by atoms with Gasteiger partial charge in [0, 0.05) is 50.4 Å². The molecule has 222 valence electrons. The molecule has 42 heavy (non-hydrogen) atoms. The number of benzene rings is 2. The Bertz CT molecular complexity index is 1420. The predicted octanol–water partition coefficient (Wildman–Crippen LogP) is 3.25. The van der Waals surface area contributed by atoms with Crippen LogP contribution >= 0.6 is 0 Å². The van der Waals surface area contributed by atoms with E-state index in [4.69, 9.17) is 10.5 Å². The molecule has 2 saturated heterocycles. The van der Waals surface area contributed by atoms with Crippen molar-refractivity contribution in [2.24, 2.45) is 5.73 Å². The summed E-state index contributed by atoms with van der Waals surface area (Å²) in [6.45, 7) is 3.56. The van der Waals surface area contributed by atoms with Crippen LogP contribution in [0.15, 0.2) is 42.6 Å². The molecule has 0 bridgehead atoms. The number of carbonyl (C=O) groups is 2. The number of amides is 2. The van der Waals surface area contributed by atoms with Crippen molar-refractivity contribution in [3.05, 3.63) is 70.8 Å². The van der Waals surface area contributed by atoms with E-state index in [1.54, 1.807) is 22.1 Å². The first-order chi connectivity index (χ1) is 20.5. The third-order valence-corrected chi connectivity index (χ3v) is 8.61. The Morgan fingerprint density at radius 2 is 1.69 bits per heavy atom. The molecule has 3 fully saturated rings. The fraction of sp³-hybridized carbons (Fsp3) is 0.484. The highest BCUT2D eigenvalue weighted by atomic mass is 19.1. The van der Waals surface area contributed by atoms with Gasteiger partial charge in [-0.1, -0.05) is 24.5 Å².